The highest BCUT2D eigenvalue weighted by molar-refractivity contribution is 5.26. The summed E-state index contributed by atoms with van der Waals surface area (Å²) in [7, 11) is 0. The Bertz CT molecular complexity index is 618. The van der Waals surface area contributed by atoms with Gasteiger partial charge >= 0.3 is 0 Å². The van der Waals surface area contributed by atoms with Crippen molar-refractivity contribution < 1.29 is 0 Å². The average Bonchev–Trinajstić information content (AvgIpc) is 2.76. The molecule has 1 N–H and O–H groups in total. The van der Waals surface area contributed by atoms with Gasteiger partial charge in [-0.2, -0.15) is 5.10 Å². The highest BCUT2D eigenvalue weighted by Crippen LogP contribution is 2.18. The fourth-order valence-electron chi connectivity index (χ4n) is 3.25. The molecule has 0 bridgehead atoms. The van der Waals surface area contributed by atoms with Gasteiger partial charge in [-0.1, -0.05) is 30.3 Å². The number of hydrogen-bond acceptors (Lipinski definition) is 3. The van der Waals surface area contributed by atoms with Crippen molar-refractivity contribution >= 4 is 0 Å². The Hall–Kier alpha value is -1.65. The first kappa shape index (κ1) is 15.3. The lowest BCUT2D eigenvalue weighted by Crippen LogP contribution is -2.48. The summed E-state index contributed by atoms with van der Waals surface area (Å²) in [6.45, 7) is 11.8. The van der Waals surface area contributed by atoms with Gasteiger partial charge in [0.25, 0.3) is 0 Å². The highest BCUT2D eigenvalue weighted by atomic mass is 15.3. The van der Waals surface area contributed by atoms with E-state index in [4.69, 9.17) is 5.10 Å². The van der Waals surface area contributed by atoms with E-state index in [0.29, 0.717) is 6.04 Å². The smallest absolute Gasteiger partial charge is 0.0662 e. The molecule has 0 unspecified atom stereocenters. The average molecular weight is 298 g/mol. The third kappa shape index (κ3) is 3.39. The summed E-state index contributed by atoms with van der Waals surface area (Å²) in [4.78, 5) is 2.53. The van der Waals surface area contributed by atoms with E-state index in [2.05, 4.69) is 66.0 Å². The Morgan fingerprint density at radius 2 is 1.95 bits per heavy atom. The molecule has 1 aromatic carbocycles. The van der Waals surface area contributed by atoms with E-state index in [-0.39, 0.29) is 0 Å². The molecule has 4 heteroatoms. The van der Waals surface area contributed by atoms with Crippen LogP contribution in [0.15, 0.2) is 30.3 Å². The van der Waals surface area contributed by atoms with E-state index in [0.717, 1.165) is 32.7 Å². The van der Waals surface area contributed by atoms with Gasteiger partial charge in [0.05, 0.1) is 12.2 Å². The van der Waals surface area contributed by atoms with Gasteiger partial charge in [0.15, 0.2) is 0 Å². The number of rotatable bonds is 4. The van der Waals surface area contributed by atoms with Crippen LogP contribution in [0, 0.1) is 13.8 Å². The SMILES string of the molecule is Cc1nn(Cc2ccccc2)c(C)c1CN1CCN[C@H](C)C1. The molecule has 2 aromatic rings. The van der Waals surface area contributed by atoms with Crippen LogP contribution in [0.4, 0.5) is 0 Å². The molecular weight excluding hydrogens is 272 g/mol. The van der Waals surface area contributed by atoms with Crippen molar-refractivity contribution in [2.24, 2.45) is 0 Å². The zero-order valence-corrected chi connectivity index (χ0v) is 13.8. The maximum atomic E-state index is 4.76. The number of hydrogen-bond donors (Lipinski definition) is 1. The molecule has 0 amide bonds. The van der Waals surface area contributed by atoms with Gasteiger partial charge in [-0.25, -0.2) is 0 Å². The van der Waals surface area contributed by atoms with E-state index in [1.54, 1.807) is 0 Å². The molecule has 1 aromatic heterocycles. The summed E-state index contributed by atoms with van der Waals surface area (Å²) < 4.78 is 2.14. The standard InChI is InChI=1S/C18H26N4/c1-14-11-21(10-9-19-14)13-18-15(2)20-22(16(18)3)12-17-7-5-4-6-8-17/h4-8,14,19H,9-13H2,1-3H3/t14-/m1/s1. The normalized spacial score (nSPS) is 19.5. The first-order valence-corrected chi connectivity index (χ1v) is 8.16. The molecule has 3 rings (SSSR count). The van der Waals surface area contributed by atoms with Crippen molar-refractivity contribution in [2.45, 2.75) is 39.9 Å². The molecule has 1 fully saturated rings. The molecule has 4 nitrogen and oxygen atoms in total. The first-order valence-electron chi connectivity index (χ1n) is 8.16. The maximum Gasteiger partial charge on any atom is 0.0662 e. The fraction of sp³-hybridized carbons (Fsp3) is 0.500. The molecule has 1 aliphatic heterocycles. The van der Waals surface area contributed by atoms with Crippen LogP contribution in [0.25, 0.3) is 0 Å². The lowest BCUT2D eigenvalue weighted by atomic mass is 10.1. The van der Waals surface area contributed by atoms with Gasteiger partial charge in [-0.05, 0) is 26.3 Å². The van der Waals surface area contributed by atoms with Crippen LogP contribution >= 0.6 is 0 Å². The summed E-state index contributed by atoms with van der Waals surface area (Å²) in [5.74, 6) is 0. The van der Waals surface area contributed by atoms with Crippen LogP contribution in [0.2, 0.25) is 0 Å². The third-order valence-corrected chi connectivity index (χ3v) is 4.54. The molecule has 0 saturated carbocycles. The lowest BCUT2D eigenvalue weighted by molar-refractivity contribution is 0.199. The molecular formula is C18H26N4. The molecule has 0 aliphatic carbocycles. The predicted octanol–water partition coefficient (Wildman–Crippen LogP) is 2.34. The number of nitrogens with one attached hydrogen (secondary N) is 1. The topological polar surface area (TPSA) is 33.1 Å². The number of aryl methyl sites for hydroxylation is 1. The molecule has 22 heavy (non-hydrogen) atoms. The summed E-state index contributed by atoms with van der Waals surface area (Å²) in [5.41, 5.74) is 5.16. The molecule has 1 atom stereocenters. The molecule has 0 spiro atoms. The molecule has 1 saturated heterocycles. The van der Waals surface area contributed by atoms with E-state index in [1.165, 1.54) is 22.5 Å². The number of nitrogens with zero attached hydrogens (tertiary/aromatic N) is 3. The Morgan fingerprint density at radius 3 is 2.68 bits per heavy atom. The van der Waals surface area contributed by atoms with Crippen molar-refractivity contribution in [1.82, 2.24) is 20.0 Å². The summed E-state index contributed by atoms with van der Waals surface area (Å²) in [5, 5.41) is 8.27. The molecule has 1 aliphatic rings. The Kier molecular flexibility index (Phi) is 4.60. The third-order valence-electron chi connectivity index (χ3n) is 4.54. The highest BCUT2D eigenvalue weighted by Gasteiger charge is 2.19. The number of piperazine rings is 1. The van der Waals surface area contributed by atoms with Crippen molar-refractivity contribution in [2.75, 3.05) is 19.6 Å². The van der Waals surface area contributed by atoms with Crippen molar-refractivity contribution in [3.05, 3.63) is 52.8 Å². The minimum absolute atomic E-state index is 0.578. The van der Waals surface area contributed by atoms with E-state index >= 15 is 0 Å². The van der Waals surface area contributed by atoms with Crippen LogP contribution in [0.3, 0.4) is 0 Å². The first-order chi connectivity index (χ1) is 10.6. The minimum Gasteiger partial charge on any atom is -0.312 e. The maximum absolute atomic E-state index is 4.76. The van der Waals surface area contributed by atoms with Gasteiger partial charge in [-0.3, -0.25) is 9.58 Å². The Labute approximate surface area is 133 Å². The second kappa shape index (κ2) is 6.63. The lowest BCUT2D eigenvalue weighted by Gasteiger charge is -2.31. The Balaban J connectivity index is 1.75. The predicted molar refractivity (Wildman–Crippen MR) is 90.0 cm³/mol. The zero-order valence-electron chi connectivity index (χ0n) is 13.8. The Morgan fingerprint density at radius 1 is 1.18 bits per heavy atom. The fourth-order valence-corrected chi connectivity index (χ4v) is 3.25. The van der Waals surface area contributed by atoms with Gasteiger partial charge in [-0.15, -0.1) is 0 Å². The van der Waals surface area contributed by atoms with E-state index < -0.39 is 0 Å². The van der Waals surface area contributed by atoms with Crippen LogP contribution < -0.4 is 5.32 Å². The van der Waals surface area contributed by atoms with Gasteiger partial charge in [0, 0.05) is 43.5 Å². The van der Waals surface area contributed by atoms with Crippen LogP contribution in [0.1, 0.15) is 29.4 Å². The summed E-state index contributed by atoms with van der Waals surface area (Å²) >= 11 is 0. The zero-order chi connectivity index (χ0) is 15.5. The van der Waals surface area contributed by atoms with Gasteiger partial charge < -0.3 is 5.32 Å². The quantitative estimate of drug-likeness (QED) is 0.940. The van der Waals surface area contributed by atoms with Crippen LogP contribution in [-0.4, -0.2) is 40.4 Å². The monoisotopic (exact) mass is 298 g/mol. The van der Waals surface area contributed by atoms with E-state index in [1.807, 2.05) is 0 Å². The second-order valence-corrected chi connectivity index (χ2v) is 6.38. The molecule has 118 valence electrons. The number of aromatic nitrogens is 2. The summed E-state index contributed by atoms with van der Waals surface area (Å²) in [6, 6.07) is 11.1. The molecule has 2 heterocycles. The summed E-state index contributed by atoms with van der Waals surface area (Å²) in [6.07, 6.45) is 0. The van der Waals surface area contributed by atoms with Gasteiger partial charge in [0.2, 0.25) is 0 Å². The van der Waals surface area contributed by atoms with Crippen molar-refractivity contribution in [3.8, 4) is 0 Å². The molecule has 0 radical (unpaired) electrons. The number of benzene rings is 1. The van der Waals surface area contributed by atoms with Gasteiger partial charge in [0.1, 0.15) is 0 Å². The minimum atomic E-state index is 0.578. The second-order valence-electron chi connectivity index (χ2n) is 6.38. The van der Waals surface area contributed by atoms with Crippen LogP contribution in [0.5, 0.6) is 0 Å². The van der Waals surface area contributed by atoms with Crippen molar-refractivity contribution in [1.29, 1.82) is 0 Å². The van der Waals surface area contributed by atoms with Crippen LogP contribution in [-0.2, 0) is 13.1 Å². The largest absolute Gasteiger partial charge is 0.312 e. The van der Waals surface area contributed by atoms with Crippen molar-refractivity contribution in [3.63, 3.8) is 0 Å². The van der Waals surface area contributed by atoms with E-state index in [9.17, 15) is 0 Å².